The van der Waals surface area contributed by atoms with Gasteiger partial charge in [0.2, 0.25) is 0 Å². The van der Waals surface area contributed by atoms with Crippen LogP contribution >= 0.6 is 23.2 Å². The Kier molecular flexibility index (Phi) is 7.81. The van der Waals surface area contributed by atoms with Crippen LogP contribution < -0.4 is 14.8 Å². The van der Waals surface area contributed by atoms with Crippen LogP contribution in [0.1, 0.15) is 15.9 Å². The molecule has 0 bridgehead atoms. The van der Waals surface area contributed by atoms with E-state index in [2.05, 4.69) is 27.1 Å². The molecule has 1 fully saturated rings. The van der Waals surface area contributed by atoms with Gasteiger partial charge in [-0.3, -0.25) is 9.69 Å². The Bertz CT molecular complexity index is 1430. The van der Waals surface area contributed by atoms with Crippen molar-refractivity contribution in [2.75, 3.05) is 52.8 Å². The first-order chi connectivity index (χ1) is 18.4. The van der Waals surface area contributed by atoms with E-state index in [0.29, 0.717) is 38.4 Å². The van der Waals surface area contributed by atoms with Crippen molar-refractivity contribution in [2.24, 2.45) is 0 Å². The van der Waals surface area contributed by atoms with E-state index in [1.165, 1.54) is 5.56 Å². The number of nitrogens with one attached hydrogen (secondary N) is 2. The van der Waals surface area contributed by atoms with Crippen LogP contribution in [0.25, 0.3) is 22.0 Å². The Morgan fingerprint density at radius 1 is 0.947 bits per heavy atom. The molecule has 2 heterocycles. The summed E-state index contributed by atoms with van der Waals surface area (Å²) in [7, 11) is 5.24. The molecular weight excluding hydrogens is 523 g/mol. The van der Waals surface area contributed by atoms with Gasteiger partial charge in [-0.05, 0) is 36.4 Å². The summed E-state index contributed by atoms with van der Waals surface area (Å²) in [5, 5.41) is 4.69. The molecule has 0 spiro atoms. The molecule has 0 aliphatic carbocycles. The van der Waals surface area contributed by atoms with Crippen molar-refractivity contribution < 1.29 is 14.3 Å². The Labute approximate surface area is 232 Å². The summed E-state index contributed by atoms with van der Waals surface area (Å²) >= 11 is 13.2. The van der Waals surface area contributed by atoms with E-state index in [1.807, 2.05) is 42.5 Å². The van der Waals surface area contributed by atoms with E-state index in [4.69, 9.17) is 32.7 Å². The van der Waals surface area contributed by atoms with Crippen molar-refractivity contribution in [3.05, 3.63) is 75.9 Å². The van der Waals surface area contributed by atoms with Crippen molar-refractivity contribution in [3.8, 4) is 22.6 Å². The fourth-order valence-corrected chi connectivity index (χ4v) is 5.46. The van der Waals surface area contributed by atoms with Gasteiger partial charge in [-0.25, -0.2) is 0 Å². The Morgan fingerprint density at radius 2 is 1.61 bits per heavy atom. The highest BCUT2D eigenvalue weighted by Gasteiger charge is 2.20. The molecular formula is C29H30Cl2N4O3. The number of aromatic amines is 1. The van der Waals surface area contributed by atoms with E-state index in [1.54, 1.807) is 26.5 Å². The van der Waals surface area contributed by atoms with Gasteiger partial charge in [0, 0.05) is 67.0 Å². The monoisotopic (exact) mass is 552 g/mol. The summed E-state index contributed by atoms with van der Waals surface area (Å²) < 4.78 is 10.8. The number of likely N-dealkylation sites (N-methyl/N-ethyl adjacent to an activating group) is 1. The van der Waals surface area contributed by atoms with Gasteiger partial charge in [0.25, 0.3) is 5.91 Å². The SMILES string of the molecule is COc1cc(OC)c(Cl)c(-c2ccc3c(NC(=O)c4ccc(CN5CCN(C)CC5)cc4)c[nH]c3c2)c1Cl. The van der Waals surface area contributed by atoms with Crippen LogP contribution in [-0.2, 0) is 6.54 Å². The molecule has 3 aromatic carbocycles. The highest BCUT2D eigenvalue weighted by molar-refractivity contribution is 6.41. The molecule has 1 amide bonds. The zero-order chi connectivity index (χ0) is 26.8. The number of carbonyl (C=O) groups is 1. The minimum absolute atomic E-state index is 0.162. The summed E-state index contributed by atoms with van der Waals surface area (Å²) in [6, 6.07) is 15.3. The Balaban J connectivity index is 1.33. The lowest BCUT2D eigenvalue weighted by atomic mass is 10.0. The van der Waals surface area contributed by atoms with E-state index in [0.717, 1.165) is 49.2 Å². The number of carbonyl (C=O) groups excluding carboxylic acids is 1. The van der Waals surface area contributed by atoms with Crippen LogP contribution in [0.5, 0.6) is 11.5 Å². The lowest BCUT2D eigenvalue weighted by molar-refractivity contribution is 0.102. The summed E-state index contributed by atoms with van der Waals surface area (Å²) in [5.74, 6) is 0.777. The molecule has 5 rings (SSSR count). The Hall–Kier alpha value is -3.23. The van der Waals surface area contributed by atoms with Gasteiger partial charge in [0.15, 0.2) is 0 Å². The van der Waals surface area contributed by atoms with Gasteiger partial charge >= 0.3 is 0 Å². The number of nitrogens with zero attached hydrogens (tertiary/aromatic N) is 2. The summed E-state index contributed by atoms with van der Waals surface area (Å²) in [4.78, 5) is 21.0. The summed E-state index contributed by atoms with van der Waals surface area (Å²) in [5.41, 5.74) is 4.74. The minimum Gasteiger partial charge on any atom is -0.495 e. The molecule has 4 aromatic rings. The smallest absolute Gasteiger partial charge is 0.255 e. The molecule has 7 nitrogen and oxygen atoms in total. The first-order valence-electron chi connectivity index (χ1n) is 12.4. The number of hydrogen-bond donors (Lipinski definition) is 2. The van der Waals surface area contributed by atoms with Crippen LogP contribution in [0, 0.1) is 0 Å². The van der Waals surface area contributed by atoms with Crippen LogP contribution in [0.4, 0.5) is 5.69 Å². The third-order valence-electron chi connectivity index (χ3n) is 7.01. The number of aromatic nitrogens is 1. The largest absolute Gasteiger partial charge is 0.495 e. The van der Waals surface area contributed by atoms with Gasteiger partial charge in [-0.2, -0.15) is 0 Å². The number of fused-ring (bicyclic) bond motifs is 1. The van der Waals surface area contributed by atoms with Gasteiger partial charge in [-0.1, -0.05) is 47.5 Å². The second-order valence-corrected chi connectivity index (χ2v) is 10.2. The van der Waals surface area contributed by atoms with Gasteiger partial charge in [0.1, 0.15) is 11.5 Å². The van der Waals surface area contributed by atoms with Crippen molar-refractivity contribution in [2.45, 2.75) is 6.54 Å². The number of amides is 1. The highest BCUT2D eigenvalue weighted by Crippen LogP contribution is 2.46. The van der Waals surface area contributed by atoms with E-state index in [-0.39, 0.29) is 5.91 Å². The molecule has 0 radical (unpaired) electrons. The van der Waals surface area contributed by atoms with Crippen LogP contribution in [0.2, 0.25) is 10.0 Å². The number of piperazine rings is 1. The lowest BCUT2D eigenvalue weighted by Gasteiger charge is -2.32. The first-order valence-corrected chi connectivity index (χ1v) is 13.2. The molecule has 2 N–H and O–H groups in total. The van der Waals surface area contributed by atoms with Crippen LogP contribution in [-0.4, -0.2) is 68.1 Å². The molecule has 0 atom stereocenters. The van der Waals surface area contributed by atoms with E-state index >= 15 is 0 Å². The molecule has 0 unspecified atom stereocenters. The van der Waals surface area contributed by atoms with Crippen LogP contribution in [0.15, 0.2) is 54.7 Å². The number of H-pyrrole nitrogens is 1. The summed E-state index contributed by atoms with van der Waals surface area (Å²) in [6.07, 6.45) is 1.78. The number of ether oxygens (including phenoxy) is 2. The maximum atomic E-state index is 13.0. The second-order valence-electron chi connectivity index (χ2n) is 9.48. The van der Waals surface area contributed by atoms with Gasteiger partial charge in [0.05, 0.1) is 30.0 Å². The quantitative estimate of drug-likeness (QED) is 0.287. The number of anilines is 1. The molecule has 1 aliphatic heterocycles. The second kappa shape index (κ2) is 11.3. The minimum atomic E-state index is -0.162. The predicted octanol–water partition coefficient (Wildman–Crippen LogP) is 6.16. The van der Waals surface area contributed by atoms with Crippen molar-refractivity contribution >= 4 is 45.7 Å². The zero-order valence-electron chi connectivity index (χ0n) is 21.6. The van der Waals surface area contributed by atoms with Crippen LogP contribution in [0.3, 0.4) is 0 Å². The first kappa shape index (κ1) is 26.4. The van der Waals surface area contributed by atoms with Gasteiger partial charge < -0.3 is 24.7 Å². The highest BCUT2D eigenvalue weighted by atomic mass is 35.5. The maximum absolute atomic E-state index is 13.0. The van der Waals surface area contributed by atoms with E-state index < -0.39 is 0 Å². The van der Waals surface area contributed by atoms with Crippen molar-refractivity contribution in [1.82, 2.24) is 14.8 Å². The maximum Gasteiger partial charge on any atom is 0.255 e. The third-order valence-corrected chi connectivity index (χ3v) is 7.76. The number of hydrogen-bond acceptors (Lipinski definition) is 5. The fourth-order valence-electron chi connectivity index (χ4n) is 4.74. The van der Waals surface area contributed by atoms with Crippen molar-refractivity contribution in [3.63, 3.8) is 0 Å². The third kappa shape index (κ3) is 5.33. The fraction of sp³-hybridized carbons (Fsp3) is 0.276. The van der Waals surface area contributed by atoms with E-state index in [9.17, 15) is 4.79 Å². The number of methoxy groups -OCH3 is 2. The molecule has 0 saturated carbocycles. The average Bonchev–Trinajstić information content (AvgIpc) is 3.32. The molecule has 38 heavy (non-hydrogen) atoms. The summed E-state index contributed by atoms with van der Waals surface area (Å²) in [6.45, 7) is 5.18. The Morgan fingerprint density at radius 3 is 2.24 bits per heavy atom. The molecule has 1 aliphatic rings. The molecule has 1 saturated heterocycles. The molecule has 9 heteroatoms. The molecule has 1 aromatic heterocycles. The average molecular weight is 553 g/mol. The standard InChI is InChI=1S/C29H30Cl2N4O3/c1-34-10-12-35(13-11-34)17-18-4-6-19(7-5-18)29(36)33-23-16-32-22-14-20(8-9-21(22)23)26-27(30)24(37-2)15-25(38-3)28(26)31/h4-9,14-16,32H,10-13,17H2,1-3H3,(H,33,36). The molecule has 198 valence electrons. The topological polar surface area (TPSA) is 69.8 Å². The number of rotatable bonds is 7. The lowest BCUT2D eigenvalue weighted by Crippen LogP contribution is -2.43. The van der Waals surface area contributed by atoms with Gasteiger partial charge in [-0.15, -0.1) is 0 Å². The number of benzene rings is 3. The van der Waals surface area contributed by atoms with Crippen molar-refractivity contribution in [1.29, 1.82) is 0 Å². The normalized spacial score (nSPS) is 14.6. The zero-order valence-corrected chi connectivity index (χ0v) is 23.1. The number of halogens is 2. The predicted molar refractivity (Wildman–Crippen MR) is 154 cm³/mol.